The highest BCUT2D eigenvalue weighted by Gasteiger charge is 2.14. The molecule has 8 heteroatoms. The summed E-state index contributed by atoms with van der Waals surface area (Å²) in [6, 6.07) is 3.70. The third kappa shape index (κ3) is 5.07. The molecule has 0 radical (unpaired) electrons. The van der Waals surface area contributed by atoms with Crippen LogP contribution in [0.25, 0.3) is 0 Å². The average molecular weight is 314 g/mol. The number of benzene rings is 1. The van der Waals surface area contributed by atoms with Gasteiger partial charge in [0.2, 0.25) is 0 Å². The number of ether oxygens (including phenoxy) is 1. The zero-order chi connectivity index (χ0) is 16.0. The van der Waals surface area contributed by atoms with Gasteiger partial charge in [0.15, 0.2) is 0 Å². The van der Waals surface area contributed by atoms with Crippen LogP contribution in [0, 0.1) is 0 Å². The molecule has 0 saturated carbocycles. The van der Waals surface area contributed by atoms with E-state index in [4.69, 9.17) is 9.84 Å². The summed E-state index contributed by atoms with van der Waals surface area (Å²) in [5.74, 6) is -0.727. The van der Waals surface area contributed by atoms with E-state index in [-0.39, 0.29) is 23.0 Å². The first-order valence-corrected chi connectivity index (χ1v) is 7.75. The third-order valence-electron chi connectivity index (χ3n) is 2.82. The van der Waals surface area contributed by atoms with E-state index in [0.717, 1.165) is 0 Å². The topological polar surface area (TPSA) is 105 Å². The van der Waals surface area contributed by atoms with Gasteiger partial charge >= 0.3 is 12.0 Å². The van der Waals surface area contributed by atoms with Gasteiger partial charge in [0.1, 0.15) is 5.75 Å². The molecular weight excluding hydrogens is 296 g/mol. The average Bonchev–Trinajstić information content (AvgIpc) is 2.44. The summed E-state index contributed by atoms with van der Waals surface area (Å²) in [7, 11) is 0.396. The maximum absolute atomic E-state index is 11.8. The summed E-state index contributed by atoms with van der Waals surface area (Å²) in [5.41, 5.74) is 0.0858. The van der Waals surface area contributed by atoms with Crippen LogP contribution in [0.2, 0.25) is 0 Å². The molecule has 21 heavy (non-hydrogen) atoms. The van der Waals surface area contributed by atoms with Crippen LogP contribution < -0.4 is 15.4 Å². The SMILES string of the molecule is COc1ccc(C(=O)O)c(NC(=O)NCC(C)S(C)=O)c1. The predicted octanol–water partition coefficient (Wildman–Crippen LogP) is 1.28. The van der Waals surface area contributed by atoms with E-state index in [1.807, 2.05) is 0 Å². The van der Waals surface area contributed by atoms with Gasteiger partial charge < -0.3 is 20.5 Å². The van der Waals surface area contributed by atoms with E-state index >= 15 is 0 Å². The standard InChI is InChI=1S/C13H18N2O5S/c1-8(21(3)19)7-14-13(18)15-11-6-9(20-2)4-5-10(11)12(16)17/h4-6,8H,7H2,1-3H3,(H,16,17)(H2,14,15,18). The number of urea groups is 1. The highest BCUT2D eigenvalue weighted by Crippen LogP contribution is 2.22. The summed E-state index contributed by atoms with van der Waals surface area (Å²) >= 11 is 0. The molecule has 0 bridgehead atoms. The quantitative estimate of drug-likeness (QED) is 0.733. The van der Waals surface area contributed by atoms with E-state index in [9.17, 15) is 13.8 Å². The van der Waals surface area contributed by atoms with Gasteiger partial charge in [-0.3, -0.25) is 4.21 Å². The molecule has 2 atom stereocenters. The van der Waals surface area contributed by atoms with Gasteiger partial charge in [-0.25, -0.2) is 9.59 Å². The summed E-state index contributed by atoms with van der Waals surface area (Å²) in [6.45, 7) is 1.96. The first-order valence-electron chi connectivity index (χ1n) is 6.13. The molecule has 2 amide bonds. The van der Waals surface area contributed by atoms with E-state index in [1.54, 1.807) is 13.2 Å². The Labute approximate surface area is 125 Å². The molecule has 0 saturated heterocycles. The molecule has 1 aromatic carbocycles. The van der Waals surface area contributed by atoms with Crippen LogP contribution in [0.1, 0.15) is 17.3 Å². The van der Waals surface area contributed by atoms with Crippen molar-refractivity contribution in [3.8, 4) is 5.75 Å². The van der Waals surface area contributed by atoms with Gasteiger partial charge in [-0.1, -0.05) is 0 Å². The minimum atomic E-state index is -1.16. The molecule has 0 fully saturated rings. The van der Waals surface area contributed by atoms with Crippen molar-refractivity contribution in [1.29, 1.82) is 0 Å². The first kappa shape index (κ1) is 17.0. The van der Waals surface area contributed by atoms with Crippen molar-refractivity contribution in [3.05, 3.63) is 23.8 Å². The Hall–Kier alpha value is -2.09. The fourth-order valence-electron chi connectivity index (χ4n) is 1.46. The summed E-state index contributed by atoms with van der Waals surface area (Å²) in [6.07, 6.45) is 1.55. The van der Waals surface area contributed by atoms with Gasteiger partial charge in [-0.05, 0) is 19.1 Å². The van der Waals surface area contributed by atoms with Crippen LogP contribution in [0.3, 0.4) is 0 Å². The molecule has 0 spiro atoms. The Balaban J connectivity index is 2.78. The Kier molecular flexibility index (Phi) is 6.16. The normalized spacial score (nSPS) is 13.1. The Bertz CT molecular complexity index is 561. The molecule has 2 unspecified atom stereocenters. The summed E-state index contributed by atoms with van der Waals surface area (Å²) < 4.78 is 16.2. The van der Waals surface area contributed by atoms with Crippen LogP contribution in [-0.4, -0.2) is 46.5 Å². The number of rotatable bonds is 6. The summed E-state index contributed by atoms with van der Waals surface area (Å²) in [4.78, 5) is 22.9. The molecular formula is C13H18N2O5S. The van der Waals surface area contributed by atoms with Crippen molar-refractivity contribution in [1.82, 2.24) is 5.32 Å². The lowest BCUT2D eigenvalue weighted by molar-refractivity contribution is 0.0698. The number of carbonyl (C=O) groups is 2. The van der Waals surface area contributed by atoms with Gasteiger partial charge in [-0.15, -0.1) is 0 Å². The lowest BCUT2D eigenvalue weighted by atomic mass is 10.1. The van der Waals surface area contributed by atoms with Crippen LogP contribution in [0.4, 0.5) is 10.5 Å². The van der Waals surface area contributed by atoms with Crippen molar-refractivity contribution in [2.45, 2.75) is 12.2 Å². The molecule has 1 aromatic rings. The number of hydrogen-bond donors (Lipinski definition) is 3. The molecule has 3 N–H and O–H groups in total. The predicted molar refractivity (Wildman–Crippen MR) is 80.5 cm³/mol. The van der Waals surface area contributed by atoms with E-state index in [0.29, 0.717) is 5.75 Å². The van der Waals surface area contributed by atoms with Crippen molar-refractivity contribution in [2.75, 3.05) is 25.2 Å². The minimum Gasteiger partial charge on any atom is -0.497 e. The zero-order valence-corrected chi connectivity index (χ0v) is 12.8. The number of anilines is 1. The second-order valence-corrected chi connectivity index (χ2v) is 6.16. The van der Waals surface area contributed by atoms with Gasteiger partial charge in [0.05, 0.1) is 18.4 Å². The van der Waals surface area contributed by atoms with Gasteiger partial charge in [0.25, 0.3) is 0 Å². The van der Waals surface area contributed by atoms with Gasteiger partial charge in [0, 0.05) is 34.9 Å². The largest absolute Gasteiger partial charge is 0.497 e. The Morgan fingerprint density at radius 2 is 2.10 bits per heavy atom. The van der Waals surface area contributed by atoms with E-state index < -0.39 is 22.8 Å². The number of carbonyl (C=O) groups excluding carboxylic acids is 1. The number of carboxylic acid groups (broad SMARTS) is 1. The van der Waals surface area contributed by atoms with Crippen LogP contribution in [0.15, 0.2) is 18.2 Å². The minimum absolute atomic E-state index is 0.0435. The van der Waals surface area contributed by atoms with Crippen molar-refractivity contribution in [2.24, 2.45) is 0 Å². The highest BCUT2D eigenvalue weighted by atomic mass is 32.2. The van der Waals surface area contributed by atoms with E-state index in [2.05, 4.69) is 10.6 Å². The molecule has 0 aliphatic rings. The van der Waals surface area contributed by atoms with Crippen LogP contribution in [0.5, 0.6) is 5.75 Å². The molecule has 0 aliphatic carbocycles. The Morgan fingerprint density at radius 1 is 1.43 bits per heavy atom. The van der Waals surface area contributed by atoms with Crippen molar-refractivity contribution < 1.29 is 23.6 Å². The molecule has 116 valence electrons. The highest BCUT2D eigenvalue weighted by molar-refractivity contribution is 7.84. The fraction of sp³-hybridized carbons (Fsp3) is 0.385. The number of aromatic carboxylic acids is 1. The zero-order valence-electron chi connectivity index (χ0n) is 12.0. The lowest BCUT2D eigenvalue weighted by Gasteiger charge is -2.13. The van der Waals surface area contributed by atoms with Crippen molar-refractivity contribution >= 4 is 28.5 Å². The lowest BCUT2D eigenvalue weighted by Crippen LogP contribution is -2.35. The maximum Gasteiger partial charge on any atom is 0.337 e. The summed E-state index contributed by atoms with van der Waals surface area (Å²) in [5, 5.41) is 13.9. The second-order valence-electron chi connectivity index (χ2n) is 4.36. The monoisotopic (exact) mass is 314 g/mol. The molecule has 0 aromatic heterocycles. The third-order valence-corrected chi connectivity index (χ3v) is 4.12. The maximum atomic E-state index is 11.8. The first-order chi connectivity index (χ1) is 9.85. The second kappa shape index (κ2) is 7.63. The number of carboxylic acids is 1. The fourth-order valence-corrected chi connectivity index (χ4v) is 1.78. The smallest absolute Gasteiger partial charge is 0.337 e. The number of methoxy groups -OCH3 is 1. The number of hydrogen-bond acceptors (Lipinski definition) is 4. The molecule has 7 nitrogen and oxygen atoms in total. The molecule has 0 aliphatic heterocycles. The number of nitrogens with one attached hydrogen (secondary N) is 2. The number of amides is 2. The van der Waals surface area contributed by atoms with Gasteiger partial charge in [-0.2, -0.15) is 0 Å². The molecule has 0 heterocycles. The van der Waals surface area contributed by atoms with Crippen LogP contribution in [-0.2, 0) is 10.8 Å². The van der Waals surface area contributed by atoms with Crippen LogP contribution >= 0.6 is 0 Å². The van der Waals surface area contributed by atoms with E-state index in [1.165, 1.54) is 25.3 Å². The van der Waals surface area contributed by atoms with Crippen molar-refractivity contribution in [3.63, 3.8) is 0 Å². The molecule has 1 rings (SSSR count). The Morgan fingerprint density at radius 3 is 2.62 bits per heavy atom.